The van der Waals surface area contributed by atoms with Crippen molar-refractivity contribution in [2.45, 2.75) is 11.7 Å². The Hall–Kier alpha value is -3.45. The number of fused-ring (bicyclic) bond motifs is 1. The van der Waals surface area contributed by atoms with Crippen molar-refractivity contribution in [3.8, 4) is 0 Å². The molecule has 3 aromatic carbocycles. The van der Waals surface area contributed by atoms with Gasteiger partial charge in [0.05, 0.1) is 6.21 Å². The summed E-state index contributed by atoms with van der Waals surface area (Å²) in [7, 11) is 0. The molecule has 7 heteroatoms. The van der Waals surface area contributed by atoms with E-state index in [1.165, 1.54) is 11.8 Å². The van der Waals surface area contributed by atoms with Crippen molar-refractivity contribution in [3.05, 3.63) is 78.4 Å². The van der Waals surface area contributed by atoms with Crippen molar-refractivity contribution < 1.29 is 9.59 Å². The zero-order valence-corrected chi connectivity index (χ0v) is 16.2. The number of rotatable bonds is 5. The predicted octanol–water partition coefficient (Wildman–Crippen LogP) is 3.79. The first kappa shape index (κ1) is 18.9. The number of amides is 2. The van der Waals surface area contributed by atoms with E-state index in [4.69, 9.17) is 0 Å². The number of nitrogens with one attached hydrogen (secondary N) is 2. The zero-order valence-electron chi connectivity index (χ0n) is 15.4. The van der Waals surface area contributed by atoms with Crippen LogP contribution in [0.5, 0.6) is 0 Å². The molecule has 0 radical (unpaired) electrons. The van der Waals surface area contributed by atoms with Gasteiger partial charge in [-0.05, 0) is 22.9 Å². The van der Waals surface area contributed by atoms with Crippen molar-refractivity contribution >= 4 is 51.4 Å². The second-order valence-corrected chi connectivity index (χ2v) is 7.62. The molecule has 2 N–H and O–H groups in total. The SMILES string of the molecule is O=C(CC1SC(=NN=Cc2cccc3ccccc23)NC1=O)Nc1ccccc1. The van der Waals surface area contributed by atoms with Gasteiger partial charge in [-0.3, -0.25) is 9.59 Å². The maximum Gasteiger partial charge on any atom is 0.240 e. The number of hydrogen-bond acceptors (Lipinski definition) is 5. The standard InChI is InChI=1S/C22H18N4O2S/c27-20(24-17-10-2-1-3-11-17)13-19-21(28)25-22(29-19)26-23-14-16-9-6-8-15-7-4-5-12-18(15)16/h1-12,14,19H,13H2,(H,24,27)(H,25,26,28). The van der Waals surface area contributed by atoms with Crippen LogP contribution in [0.3, 0.4) is 0 Å². The second-order valence-electron chi connectivity index (χ2n) is 6.43. The molecule has 144 valence electrons. The summed E-state index contributed by atoms with van der Waals surface area (Å²) in [5, 5.41) is 15.8. The van der Waals surface area contributed by atoms with Crippen LogP contribution >= 0.6 is 11.8 Å². The highest BCUT2D eigenvalue weighted by Crippen LogP contribution is 2.23. The summed E-state index contributed by atoms with van der Waals surface area (Å²) in [6.45, 7) is 0. The highest BCUT2D eigenvalue weighted by molar-refractivity contribution is 8.15. The van der Waals surface area contributed by atoms with Crippen LogP contribution in [0.4, 0.5) is 5.69 Å². The van der Waals surface area contributed by atoms with Gasteiger partial charge in [-0.25, -0.2) is 0 Å². The van der Waals surface area contributed by atoms with Crippen molar-refractivity contribution in [1.29, 1.82) is 0 Å². The first-order chi connectivity index (χ1) is 14.2. The number of thioether (sulfide) groups is 1. The highest BCUT2D eigenvalue weighted by atomic mass is 32.2. The minimum atomic E-state index is -0.523. The summed E-state index contributed by atoms with van der Waals surface area (Å²) >= 11 is 1.21. The number of para-hydroxylation sites is 1. The minimum absolute atomic E-state index is 0.0669. The largest absolute Gasteiger partial charge is 0.326 e. The van der Waals surface area contributed by atoms with Crippen molar-refractivity contribution in [3.63, 3.8) is 0 Å². The molecular formula is C22H18N4O2S. The van der Waals surface area contributed by atoms with E-state index in [1.807, 2.05) is 60.7 Å². The number of anilines is 1. The third-order valence-electron chi connectivity index (χ3n) is 4.37. The lowest BCUT2D eigenvalue weighted by Gasteiger charge is -2.06. The van der Waals surface area contributed by atoms with Crippen LogP contribution in [0.15, 0.2) is 83.0 Å². The molecule has 0 bridgehead atoms. The lowest BCUT2D eigenvalue weighted by molar-refractivity contribution is -0.122. The van der Waals surface area contributed by atoms with Crippen LogP contribution in [-0.4, -0.2) is 28.4 Å². The summed E-state index contributed by atoms with van der Waals surface area (Å²) < 4.78 is 0. The number of amidine groups is 1. The van der Waals surface area contributed by atoms with Gasteiger partial charge in [-0.1, -0.05) is 72.4 Å². The third-order valence-corrected chi connectivity index (χ3v) is 5.45. The maximum atomic E-state index is 12.2. The smallest absolute Gasteiger partial charge is 0.240 e. The average molecular weight is 402 g/mol. The predicted molar refractivity (Wildman–Crippen MR) is 118 cm³/mol. The van der Waals surface area contributed by atoms with Crippen LogP contribution in [-0.2, 0) is 9.59 Å². The van der Waals surface area contributed by atoms with Crippen molar-refractivity contribution in [1.82, 2.24) is 5.32 Å². The number of hydrogen-bond donors (Lipinski definition) is 2. The Labute approximate surface area is 172 Å². The first-order valence-corrected chi connectivity index (χ1v) is 9.98. The summed E-state index contributed by atoms with van der Waals surface area (Å²) in [6.07, 6.45) is 1.73. The van der Waals surface area contributed by atoms with Crippen LogP contribution in [0.2, 0.25) is 0 Å². The first-order valence-electron chi connectivity index (χ1n) is 9.10. The van der Waals surface area contributed by atoms with Crippen LogP contribution in [0.25, 0.3) is 10.8 Å². The Balaban J connectivity index is 1.39. The Kier molecular flexibility index (Phi) is 5.67. The molecule has 1 heterocycles. The number of carbonyl (C=O) groups excluding carboxylic acids is 2. The number of benzene rings is 3. The maximum absolute atomic E-state index is 12.2. The van der Waals surface area contributed by atoms with Crippen LogP contribution < -0.4 is 10.6 Å². The van der Waals surface area contributed by atoms with E-state index in [0.717, 1.165) is 16.3 Å². The molecule has 1 fully saturated rings. The topological polar surface area (TPSA) is 82.9 Å². The van der Waals surface area contributed by atoms with E-state index < -0.39 is 5.25 Å². The molecule has 0 spiro atoms. The molecule has 29 heavy (non-hydrogen) atoms. The van der Waals surface area contributed by atoms with Gasteiger partial charge in [0.1, 0.15) is 5.25 Å². The molecule has 1 aliphatic rings. The third kappa shape index (κ3) is 4.70. The average Bonchev–Trinajstić information content (AvgIpc) is 3.08. The van der Waals surface area contributed by atoms with Crippen LogP contribution in [0.1, 0.15) is 12.0 Å². The van der Waals surface area contributed by atoms with Gasteiger partial charge < -0.3 is 10.6 Å². The Morgan fingerprint density at radius 3 is 2.66 bits per heavy atom. The molecule has 3 aromatic rings. The van der Waals surface area contributed by atoms with E-state index in [0.29, 0.717) is 10.9 Å². The Morgan fingerprint density at radius 1 is 1.03 bits per heavy atom. The highest BCUT2D eigenvalue weighted by Gasteiger charge is 2.32. The van der Waals surface area contributed by atoms with E-state index in [2.05, 4.69) is 20.8 Å². The fourth-order valence-electron chi connectivity index (χ4n) is 2.99. The summed E-state index contributed by atoms with van der Waals surface area (Å²) in [6, 6.07) is 23.1. The van der Waals surface area contributed by atoms with Gasteiger partial charge in [0.2, 0.25) is 11.8 Å². The number of carbonyl (C=O) groups is 2. The number of nitrogens with zero attached hydrogens (tertiary/aromatic N) is 2. The molecule has 0 aliphatic carbocycles. The molecule has 0 saturated carbocycles. The summed E-state index contributed by atoms with van der Waals surface area (Å²) in [4.78, 5) is 24.3. The van der Waals surface area contributed by atoms with Gasteiger partial charge in [0.25, 0.3) is 0 Å². The van der Waals surface area contributed by atoms with Gasteiger partial charge in [0, 0.05) is 17.7 Å². The summed E-state index contributed by atoms with van der Waals surface area (Å²) in [5.41, 5.74) is 1.65. The monoisotopic (exact) mass is 402 g/mol. The summed E-state index contributed by atoms with van der Waals surface area (Å²) in [5.74, 6) is -0.457. The van der Waals surface area contributed by atoms with Crippen molar-refractivity contribution in [2.75, 3.05) is 5.32 Å². The molecule has 4 rings (SSSR count). The van der Waals surface area contributed by atoms with Gasteiger partial charge in [-0.2, -0.15) is 5.10 Å². The van der Waals surface area contributed by atoms with E-state index in [-0.39, 0.29) is 18.2 Å². The molecule has 6 nitrogen and oxygen atoms in total. The molecule has 1 saturated heterocycles. The lowest BCUT2D eigenvalue weighted by atomic mass is 10.1. The van der Waals surface area contributed by atoms with Gasteiger partial charge >= 0.3 is 0 Å². The van der Waals surface area contributed by atoms with E-state index in [9.17, 15) is 9.59 Å². The van der Waals surface area contributed by atoms with E-state index >= 15 is 0 Å². The quantitative estimate of drug-likeness (QED) is 0.503. The minimum Gasteiger partial charge on any atom is -0.326 e. The van der Waals surface area contributed by atoms with Crippen molar-refractivity contribution in [2.24, 2.45) is 10.2 Å². The lowest BCUT2D eigenvalue weighted by Crippen LogP contribution is -2.28. The van der Waals surface area contributed by atoms with Gasteiger partial charge in [0.15, 0.2) is 5.17 Å². The molecule has 1 atom stereocenters. The molecule has 1 unspecified atom stereocenters. The Bertz CT molecular complexity index is 1110. The zero-order chi connectivity index (χ0) is 20.1. The molecule has 2 amide bonds. The second kappa shape index (κ2) is 8.70. The fraction of sp³-hybridized carbons (Fsp3) is 0.0909. The fourth-order valence-corrected chi connectivity index (χ4v) is 3.92. The van der Waals surface area contributed by atoms with E-state index in [1.54, 1.807) is 18.3 Å². The molecular weight excluding hydrogens is 384 g/mol. The van der Waals surface area contributed by atoms with Gasteiger partial charge in [-0.15, -0.1) is 5.10 Å². The Morgan fingerprint density at radius 2 is 1.79 bits per heavy atom. The molecule has 0 aromatic heterocycles. The molecule has 1 aliphatic heterocycles. The van der Waals surface area contributed by atoms with Crippen LogP contribution in [0, 0.1) is 0 Å². The normalized spacial score (nSPS) is 17.7.